The number of rotatable bonds is 7. The summed E-state index contributed by atoms with van der Waals surface area (Å²) in [6.07, 6.45) is 5.21. The lowest BCUT2D eigenvalue weighted by molar-refractivity contribution is 0.119. The van der Waals surface area contributed by atoms with Gasteiger partial charge in [0, 0.05) is 38.6 Å². The molecule has 1 amide bonds. The lowest BCUT2D eigenvalue weighted by Gasteiger charge is -2.22. The molecule has 1 aromatic carbocycles. The highest BCUT2D eigenvalue weighted by atomic mass is 19.1. The van der Waals surface area contributed by atoms with Gasteiger partial charge in [0.05, 0.1) is 12.6 Å². The molecule has 0 bridgehead atoms. The summed E-state index contributed by atoms with van der Waals surface area (Å²) in [5.41, 5.74) is 1.08. The van der Waals surface area contributed by atoms with E-state index >= 15 is 0 Å². The summed E-state index contributed by atoms with van der Waals surface area (Å²) in [6, 6.07) is 6.66. The molecule has 0 aliphatic carbocycles. The minimum atomic E-state index is -0.223. The van der Waals surface area contributed by atoms with Gasteiger partial charge in [0.15, 0.2) is 0 Å². The Morgan fingerprint density at radius 1 is 1.26 bits per heavy atom. The monoisotopic (exact) mass is 372 g/mol. The smallest absolute Gasteiger partial charge is 0.410 e. The van der Waals surface area contributed by atoms with Gasteiger partial charge >= 0.3 is 6.09 Å². The maximum absolute atomic E-state index is 13.0. The molecule has 1 aromatic heterocycles. The van der Waals surface area contributed by atoms with Crippen LogP contribution >= 0.6 is 0 Å². The standard InChI is InChI=1S/C20H25FN4O2/c1-2-24-11-9-22-19(24)14-23-12-17-18(13-23)27-20(26)25(17)10-3-4-15-5-7-16(21)8-6-15/h5-9,11,17-18H,2-4,10,12-14H2,1H3/t17-,18+/m1/s1. The predicted octanol–water partition coefficient (Wildman–Crippen LogP) is 2.68. The number of amides is 1. The molecule has 144 valence electrons. The molecule has 0 N–H and O–H groups in total. The molecule has 4 rings (SSSR count). The van der Waals surface area contributed by atoms with Crippen molar-refractivity contribution in [2.75, 3.05) is 19.6 Å². The fourth-order valence-corrected chi connectivity index (χ4v) is 4.05. The Morgan fingerprint density at radius 3 is 2.85 bits per heavy atom. The van der Waals surface area contributed by atoms with E-state index in [-0.39, 0.29) is 24.1 Å². The van der Waals surface area contributed by atoms with Crippen LogP contribution in [0.4, 0.5) is 9.18 Å². The van der Waals surface area contributed by atoms with Crippen LogP contribution in [0.1, 0.15) is 24.7 Å². The third kappa shape index (κ3) is 3.83. The number of fused-ring (bicyclic) bond motifs is 1. The minimum Gasteiger partial charge on any atom is -0.442 e. The summed E-state index contributed by atoms with van der Waals surface area (Å²) in [5.74, 6) is 0.825. The van der Waals surface area contributed by atoms with Crippen molar-refractivity contribution in [1.29, 1.82) is 0 Å². The summed E-state index contributed by atoms with van der Waals surface area (Å²) < 4.78 is 20.7. The largest absolute Gasteiger partial charge is 0.442 e. The first-order valence-electron chi connectivity index (χ1n) is 9.58. The molecule has 7 heteroatoms. The van der Waals surface area contributed by atoms with E-state index in [1.807, 2.05) is 17.3 Å². The highest BCUT2D eigenvalue weighted by Crippen LogP contribution is 2.28. The Labute approximate surface area is 158 Å². The quantitative estimate of drug-likeness (QED) is 0.750. The van der Waals surface area contributed by atoms with Crippen molar-refractivity contribution in [2.24, 2.45) is 0 Å². The van der Waals surface area contributed by atoms with Gasteiger partial charge in [-0.2, -0.15) is 0 Å². The van der Waals surface area contributed by atoms with Crippen molar-refractivity contribution >= 4 is 6.09 Å². The molecule has 2 aliphatic heterocycles. The van der Waals surface area contributed by atoms with Crippen LogP contribution in [-0.2, 0) is 24.2 Å². The maximum atomic E-state index is 13.0. The van der Waals surface area contributed by atoms with Gasteiger partial charge in [-0.05, 0) is 37.5 Å². The highest BCUT2D eigenvalue weighted by molar-refractivity contribution is 5.71. The number of imidazole rings is 1. The van der Waals surface area contributed by atoms with E-state index in [1.165, 1.54) is 12.1 Å². The number of likely N-dealkylation sites (tertiary alicyclic amines) is 1. The van der Waals surface area contributed by atoms with Crippen molar-refractivity contribution in [3.05, 3.63) is 53.9 Å². The normalized spacial score (nSPS) is 22.3. The SMILES string of the molecule is CCn1ccnc1CN1C[C@@H]2OC(=O)N(CCCc3ccc(F)cc3)[C@@H]2C1. The van der Waals surface area contributed by atoms with Crippen LogP contribution in [-0.4, -0.2) is 57.2 Å². The summed E-state index contributed by atoms with van der Waals surface area (Å²) in [4.78, 5) is 20.8. The average molecular weight is 372 g/mol. The van der Waals surface area contributed by atoms with Crippen LogP contribution in [0.5, 0.6) is 0 Å². The van der Waals surface area contributed by atoms with E-state index in [1.54, 1.807) is 12.1 Å². The van der Waals surface area contributed by atoms with Gasteiger partial charge in [-0.1, -0.05) is 12.1 Å². The number of carbonyl (C=O) groups is 1. The molecule has 2 aliphatic rings. The maximum Gasteiger partial charge on any atom is 0.410 e. The van der Waals surface area contributed by atoms with Crippen LogP contribution in [0.3, 0.4) is 0 Å². The van der Waals surface area contributed by atoms with Gasteiger partial charge < -0.3 is 14.2 Å². The summed E-state index contributed by atoms with van der Waals surface area (Å²) in [5, 5.41) is 0. The number of nitrogens with zero attached hydrogens (tertiary/aromatic N) is 4. The first-order chi connectivity index (χ1) is 13.1. The Morgan fingerprint density at radius 2 is 2.07 bits per heavy atom. The number of benzene rings is 1. The molecule has 0 radical (unpaired) electrons. The van der Waals surface area contributed by atoms with E-state index in [4.69, 9.17) is 4.74 Å². The molecular weight excluding hydrogens is 347 g/mol. The molecule has 0 spiro atoms. The summed E-state index contributed by atoms with van der Waals surface area (Å²) >= 11 is 0. The highest BCUT2D eigenvalue weighted by Gasteiger charge is 2.47. The zero-order chi connectivity index (χ0) is 18.8. The van der Waals surface area contributed by atoms with Gasteiger partial charge in [0.25, 0.3) is 0 Å². The molecule has 6 nitrogen and oxygen atoms in total. The van der Waals surface area contributed by atoms with Gasteiger partial charge in [0.2, 0.25) is 0 Å². The lowest BCUT2D eigenvalue weighted by Crippen LogP contribution is -2.38. The van der Waals surface area contributed by atoms with Gasteiger partial charge in [-0.3, -0.25) is 4.90 Å². The second-order valence-electron chi connectivity index (χ2n) is 7.24. The first kappa shape index (κ1) is 18.0. The van der Waals surface area contributed by atoms with E-state index in [2.05, 4.69) is 21.4 Å². The fourth-order valence-electron chi connectivity index (χ4n) is 4.05. The molecule has 2 saturated heterocycles. The molecule has 2 fully saturated rings. The van der Waals surface area contributed by atoms with Crippen LogP contribution in [0, 0.1) is 5.82 Å². The van der Waals surface area contributed by atoms with Gasteiger partial charge in [-0.25, -0.2) is 14.2 Å². The third-order valence-electron chi connectivity index (χ3n) is 5.48. The van der Waals surface area contributed by atoms with Crippen molar-refractivity contribution in [3.8, 4) is 0 Å². The Hall–Kier alpha value is -2.41. The Kier molecular flexibility index (Phi) is 5.11. The number of aryl methyl sites for hydroxylation is 2. The number of hydrogen-bond acceptors (Lipinski definition) is 4. The van der Waals surface area contributed by atoms with E-state index < -0.39 is 0 Å². The predicted molar refractivity (Wildman–Crippen MR) is 98.7 cm³/mol. The van der Waals surface area contributed by atoms with Crippen LogP contribution < -0.4 is 0 Å². The van der Waals surface area contributed by atoms with Crippen molar-refractivity contribution < 1.29 is 13.9 Å². The van der Waals surface area contributed by atoms with Gasteiger partial charge in [-0.15, -0.1) is 0 Å². The second-order valence-corrected chi connectivity index (χ2v) is 7.24. The van der Waals surface area contributed by atoms with Crippen LogP contribution in [0.25, 0.3) is 0 Å². The second kappa shape index (κ2) is 7.68. The molecular formula is C20H25FN4O2. The summed E-state index contributed by atoms with van der Waals surface area (Å²) in [6.45, 7) is 6.00. The Balaban J connectivity index is 1.32. The number of halogens is 1. The zero-order valence-electron chi connectivity index (χ0n) is 15.6. The first-order valence-corrected chi connectivity index (χ1v) is 9.58. The van der Waals surface area contributed by atoms with Crippen molar-refractivity contribution in [1.82, 2.24) is 19.4 Å². The molecule has 2 aromatic rings. The molecule has 2 atom stereocenters. The number of aromatic nitrogens is 2. The van der Waals surface area contributed by atoms with E-state index in [0.717, 1.165) is 50.4 Å². The number of hydrogen-bond donors (Lipinski definition) is 0. The molecule has 27 heavy (non-hydrogen) atoms. The molecule has 0 saturated carbocycles. The topological polar surface area (TPSA) is 50.6 Å². The third-order valence-corrected chi connectivity index (χ3v) is 5.48. The van der Waals surface area contributed by atoms with E-state index in [0.29, 0.717) is 6.54 Å². The number of ether oxygens (including phenoxy) is 1. The van der Waals surface area contributed by atoms with Crippen LogP contribution in [0.15, 0.2) is 36.7 Å². The average Bonchev–Trinajstić information content (AvgIpc) is 3.33. The molecule has 3 heterocycles. The van der Waals surface area contributed by atoms with Crippen LogP contribution in [0.2, 0.25) is 0 Å². The minimum absolute atomic E-state index is 0.0617. The Bertz CT molecular complexity index is 792. The summed E-state index contributed by atoms with van der Waals surface area (Å²) in [7, 11) is 0. The zero-order valence-corrected chi connectivity index (χ0v) is 15.6. The van der Waals surface area contributed by atoms with Crippen molar-refractivity contribution in [3.63, 3.8) is 0 Å². The molecule has 0 unspecified atom stereocenters. The van der Waals surface area contributed by atoms with E-state index in [9.17, 15) is 9.18 Å². The van der Waals surface area contributed by atoms with Gasteiger partial charge in [0.1, 0.15) is 17.7 Å². The number of carbonyl (C=O) groups excluding carboxylic acids is 1. The lowest BCUT2D eigenvalue weighted by atomic mass is 10.1. The van der Waals surface area contributed by atoms with Crippen molar-refractivity contribution in [2.45, 2.75) is 45.0 Å². The fraction of sp³-hybridized carbons (Fsp3) is 0.500.